The van der Waals surface area contributed by atoms with E-state index in [0.29, 0.717) is 0 Å². The Labute approximate surface area is 93.6 Å². The highest BCUT2D eigenvalue weighted by molar-refractivity contribution is 5.85. The average Bonchev–Trinajstić information content (AvgIpc) is 3.06. The Morgan fingerprint density at radius 2 is 2.25 bits per heavy atom. The number of esters is 1. The minimum absolute atomic E-state index is 0.251. The predicted octanol–water partition coefficient (Wildman–Crippen LogP) is 1.94. The van der Waals surface area contributed by atoms with E-state index in [1.807, 2.05) is 30.3 Å². The van der Waals surface area contributed by atoms with Gasteiger partial charge in [0.15, 0.2) is 0 Å². The van der Waals surface area contributed by atoms with Gasteiger partial charge in [-0.15, -0.1) is 0 Å². The van der Waals surface area contributed by atoms with Gasteiger partial charge in [0.25, 0.3) is 0 Å². The lowest BCUT2D eigenvalue weighted by molar-refractivity contribution is -0.147. The van der Waals surface area contributed by atoms with Crippen LogP contribution in [-0.2, 0) is 14.3 Å². The Morgan fingerprint density at radius 3 is 2.81 bits per heavy atom. The van der Waals surface area contributed by atoms with Gasteiger partial charge in [0.2, 0.25) is 6.10 Å². The monoisotopic (exact) mass is 217 g/mol. The zero-order valence-electron chi connectivity index (χ0n) is 8.84. The molecule has 0 radical (unpaired) electrons. The molecule has 1 aromatic rings. The molecule has 82 valence electrons. The lowest BCUT2D eigenvalue weighted by Crippen LogP contribution is -2.24. The van der Waals surface area contributed by atoms with Crippen molar-refractivity contribution in [1.82, 2.24) is 0 Å². The molecule has 1 aliphatic heterocycles. The summed E-state index contributed by atoms with van der Waals surface area (Å²) in [5, 5.41) is 0. The van der Waals surface area contributed by atoms with E-state index in [0.717, 1.165) is 5.56 Å². The maximum absolute atomic E-state index is 11.6. The second-order valence-corrected chi connectivity index (χ2v) is 3.44. The molecule has 0 spiro atoms. The van der Waals surface area contributed by atoms with Gasteiger partial charge in [0, 0.05) is 0 Å². The van der Waals surface area contributed by atoms with Crippen LogP contribution < -0.4 is 0 Å². The zero-order valence-corrected chi connectivity index (χ0v) is 8.84. The SMILES string of the molecule is [C-]#[N+]C1(C(=O)OCC)OC1c1ccccc1. The number of hydrogen-bond acceptors (Lipinski definition) is 3. The Balaban J connectivity index is 2.19. The zero-order chi connectivity index (χ0) is 11.6. The Bertz CT molecular complexity index is 437. The van der Waals surface area contributed by atoms with Crippen LogP contribution in [0.4, 0.5) is 0 Å². The van der Waals surface area contributed by atoms with E-state index in [1.54, 1.807) is 6.92 Å². The van der Waals surface area contributed by atoms with Crippen molar-refractivity contribution in [3.63, 3.8) is 0 Å². The molecule has 1 fully saturated rings. The lowest BCUT2D eigenvalue weighted by Gasteiger charge is -2.00. The Hall–Kier alpha value is -1.86. The van der Waals surface area contributed by atoms with Gasteiger partial charge in [-0.05, 0) is 12.5 Å². The number of carbonyl (C=O) groups is 1. The first-order valence-electron chi connectivity index (χ1n) is 5.03. The molecule has 0 bridgehead atoms. The van der Waals surface area contributed by atoms with Crippen molar-refractivity contribution < 1.29 is 14.3 Å². The van der Waals surface area contributed by atoms with Gasteiger partial charge in [-0.25, -0.2) is 11.4 Å². The molecular weight excluding hydrogens is 206 g/mol. The summed E-state index contributed by atoms with van der Waals surface area (Å²) in [6.07, 6.45) is -0.495. The van der Waals surface area contributed by atoms with Gasteiger partial charge >= 0.3 is 11.7 Å². The lowest BCUT2D eigenvalue weighted by atomic mass is 10.1. The molecule has 1 aromatic carbocycles. The summed E-state index contributed by atoms with van der Waals surface area (Å²) in [5.74, 6) is -0.598. The highest BCUT2D eigenvalue weighted by Gasteiger charge is 2.74. The molecule has 4 heteroatoms. The highest BCUT2D eigenvalue weighted by atomic mass is 16.7. The van der Waals surface area contributed by atoms with Crippen LogP contribution in [0.2, 0.25) is 0 Å². The van der Waals surface area contributed by atoms with Gasteiger partial charge in [0.1, 0.15) is 0 Å². The van der Waals surface area contributed by atoms with Crippen molar-refractivity contribution in [3.05, 3.63) is 47.3 Å². The smallest absolute Gasteiger partial charge is 0.458 e. The molecule has 0 aromatic heterocycles. The molecule has 2 rings (SSSR count). The second kappa shape index (κ2) is 3.95. The number of rotatable bonds is 3. The summed E-state index contributed by atoms with van der Waals surface area (Å²) in [7, 11) is 0. The molecule has 0 amide bonds. The second-order valence-electron chi connectivity index (χ2n) is 3.44. The number of ether oxygens (including phenoxy) is 2. The van der Waals surface area contributed by atoms with E-state index in [1.165, 1.54) is 0 Å². The summed E-state index contributed by atoms with van der Waals surface area (Å²) < 4.78 is 10.1. The fourth-order valence-corrected chi connectivity index (χ4v) is 1.59. The molecule has 1 saturated heterocycles. The molecule has 4 nitrogen and oxygen atoms in total. The van der Waals surface area contributed by atoms with Gasteiger partial charge < -0.3 is 4.74 Å². The van der Waals surface area contributed by atoms with E-state index < -0.39 is 17.8 Å². The Morgan fingerprint density at radius 1 is 1.56 bits per heavy atom. The quantitative estimate of drug-likeness (QED) is 0.441. The van der Waals surface area contributed by atoms with Gasteiger partial charge in [-0.2, -0.15) is 0 Å². The van der Waals surface area contributed by atoms with Crippen molar-refractivity contribution in [2.75, 3.05) is 6.61 Å². The minimum Gasteiger partial charge on any atom is -0.458 e. The van der Waals surface area contributed by atoms with Crippen molar-refractivity contribution in [2.45, 2.75) is 18.8 Å². The van der Waals surface area contributed by atoms with Crippen molar-refractivity contribution in [2.24, 2.45) is 0 Å². The first-order valence-corrected chi connectivity index (χ1v) is 5.03. The van der Waals surface area contributed by atoms with Crippen LogP contribution in [0.25, 0.3) is 4.85 Å². The maximum Gasteiger partial charge on any atom is 0.466 e. The number of epoxide rings is 1. The molecule has 0 saturated carbocycles. The van der Waals surface area contributed by atoms with Crippen molar-refractivity contribution in [3.8, 4) is 0 Å². The molecule has 0 aliphatic carbocycles. The fourth-order valence-electron chi connectivity index (χ4n) is 1.59. The van der Waals surface area contributed by atoms with E-state index in [9.17, 15) is 4.79 Å². The Kier molecular flexibility index (Phi) is 2.63. The highest BCUT2D eigenvalue weighted by Crippen LogP contribution is 2.51. The summed E-state index contributed by atoms with van der Waals surface area (Å²) in [6, 6.07) is 9.22. The van der Waals surface area contributed by atoms with Crippen LogP contribution in [-0.4, -0.2) is 18.3 Å². The molecule has 16 heavy (non-hydrogen) atoms. The molecule has 1 heterocycles. The van der Waals surface area contributed by atoms with Crippen LogP contribution >= 0.6 is 0 Å². The first kappa shape index (κ1) is 10.7. The number of carbonyl (C=O) groups excluding carboxylic acids is 1. The van der Waals surface area contributed by atoms with Gasteiger partial charge in [-0.3, -0.25) is 9.58 Å². The molecule has 2 atom stereocenters. The largest absolute Gasteiger partial charge is 0.466 e. The molecular formula is C12H11NO3. The summed E-state index contributed by atoms with van der Waals surface area (Å²) in [5.41, 5.74) is -0.622. The van der Waals surface area contributed by atoms with Crippen molar-refractivity contribution in [1.29, 1.82) is 0 Å². The molecule has 0 N–H and O–H groups in total. The normalized spacial score (nSPS) is 26.9. The standard InChI is InChI=1S/C12H11NO3/c1-3-15-11(14)12(13-2)10(16-12)9-7-5-4-6-8-9/h4-8,10H,3H2,1H3. The number of hydrogen-bond donors (Lipinski definition) is 0. The third-order valence-electron chi connectivity index (χ3n) is 2.43. The van der Waals surface area contributed by atoms with Crippen molar-refractivity contribution >= 4 is 5.97 Å². The predicted molar refractivity (Wildman–Crippen MR) is 56.2 cm³/mol. The third kappa shape index (κ3) is 1.55. The molecule has 1 aliphatic rings. The van der Waals surface area contributed by atoms with E-state index in [4.69, 9.17) is 16.0 Å². The van der Waals surface area contributed by atoms with Gasteiger partial charge in [-0.1, -0.05) is 30.3 Å². The van der Waals surface area contributed by atoms with Crippen LogP contribution in [0.3, 0.4) is 0 Å². The maximum atomic E-state index is 11.6. The van der Waals surface area contributed by atoms with E-state index in [-0.39, 0.29) is 6.61 Å². The van der Waals surface area contributed by atoms with E-state index >= 15 is 0 Å². The van der Waals surface area contributed by atoms with Crippen LogP contribution in [0.1, 0.15) is 18.6 Å². The average molecular weight is 217 g/mol. The van der Waals surface area contributed by atoms with Crippen LogP contribution in [0.5, 0.6) is 0 Å². The molecule has 2 unspecified atom stereocenters. The first-order chi connectivity index (χ1) is 7.74. The number of benzene rings is 1. The summed E-state index contributed by atoms with van der Waals surface area (Å²) in [4.78, 5) is 14.8. The van der Waals surface area contributed by atoms with Crippen LogP contribution in [0.15, 0.2) is 30.3 Å². The minimum atomic E-state index is -1.45. The van der Waals surface area contributed by atoms with Gasteiger partial charge in [0.05, 0.1) is 6.61 Å². The summed E-state index contributed by atoms with van der Waals surface area (Å²) >= 11 is 0. The summed E-state index contributed by atoms with van der Waals surface area (Å²) in [6.45, 7) is 9.01. The third-order valence-corrected chi connectivity index (χ3v) is 2.43. The topological polar surface area (TPSA) is 43.2 Å². The van der Waals surface area contributed by atoms with Crippen LogP contribution in [0, 0.1) is 6.57 Å². The van der Waals surface area contributed by atoms with E-state index in [2.05, 4.69) is 4.85 Å². The number of nitrogens with zero attached hydrogens (tertiary/aromatic N) is 1. The fraction of sp³-hybridized carbons (Fsp3) is 0.333.